The van der Waals surface area contributed by atoms with E-state index in [2.05, 4.69) is 25.9 Å². The third kappa shape index (κ3) is 3.20. The Bertz CT molecular complexity index is 1110. The van der Waals surface area contributed by atoms with Gasteiger partial charge in [-0.2, -0.15) is 17.5 Å². The van der Waals surface area contributed by atoms with Crippen LogP contribution in [0.1, 0.15) is 30.5 Å². The highest BCUT2D eigenvalue weighted by molar-refractivity contribution is 9.10. The average molecular weight is 523 g/mol. The van der Waals surface area contributed by atoms with Gasteiger partial charge in [-0.3, -0.25) is 0 Å². The number of H-pyrrole nitrogens is 1. The molecule has 1 unspecified atom stereocenters. The minimum atomic E-state index is -5.64. The number of aromatic amines is 1. The van der Waals surface area contributed by atoms with E-state index in [0.29, 0.717) is 21.6 Å². The lowest BCUT2D eigenvalue weighted by Crippen LogP contribution is -2.66. The van der Waals surface area contributed by atoms with Crippen molar-refractivity contribution < 1.29 is 26.0 Å². The van der Waals surface area contributed by atoms with Crippen LogP contribution >= 0.6 is 15.9 Å². The molecular weight excluding hydrogens is 504 g/mol. The molecule has 0 spiro atoms. The summed E-state index contributed by atoms with van der Waals surface area (Å²) in [5, 5.41) is 0. The number of anilines is 1. The molecule has 12 heteroatoms. The molecule has 3 aliphatic carbocycles. The highest BCUT2D eigenvalue weighted by Crippen LogP contribution is 2.67. The van der Waals surface area contributed by atoms with Crippen LogP contribution in [0.4, 0.5) is 23.2 Å². The molecule has 1 aromatic carbocycles. The van der Waals surface area contributed by atoms with Gasteiger partial charge in [0.2, 0.25) is 0 Å². The zero-order valence-corrected chi connectivity index (χ0v) is 18.6. The van der Waals surface area contributed by atoms with Gasteiger partial charge in [0.15, 0.2) is 0 Å². The monoisotopic (exact) mass is 522 g/mol. The van der Waals surface area contributed by atoms with E-state index in [9.17, 15) is 21.6 Å². The number of hydrogen-bond acceptors (Lipinski definition) is 4. The van der Waals surface area contributed by atoms with E-state index in [-0.39, 0.29) is 28.5 Å². The summed E-state index contributed by atoms with van der Waals surface area (Å²) in [5.41, 5.74) is -4.69. The fraction of sp³-hybridized carbons (Fsp3) is 0.526. The van der Waals surface area contributed by atoms with Crippen molar-refractivity contribution in [2.45, 2.75) is 43.9 Å². The van der Waals surface area contributed by atoms with Gasteiger partial charge in [-0.15, -0.1) is 0 Å². The van der Waals surface area contributed by atoms with Gasteiger partial charge in [-0.1, -0.05) is 0 Å². The maximum Gasteiger partial charge on any atom is 0.511 e. The van der Waals surface area contributed by atoms with Crippen molar-refractivity contribution in [3.8, 4) is 0 Å². The van der Waals surface area contributed by atoms with Crippen molar-refractivity contribution in [1.82, 2.24) is 14.3 Å². The predicted molar refractivity (Wildman–Crippen MR) is 108 cm³/mol. The van der Waals surface area contributed by atoms with E-state index in [1.54, 1.807) is 12.3 Å². The molecule has 6 nitrogen and oxygen atoms in total. The van der Waals surface area contributed by atoms with Crippen molar-refractivity contribution in [2.75, 3.05) is 11.4 Å². The van der Waals surface area contributed by atoms with Crippen LogP contribution in [0.15, 0.2) is 29.1 Å². The molecule has 0 saturated heterocycles. The molecule has 168 valence electrons. The highest BCUT2D eigenvalue weighted by atomic mass is 79.9. The first-order valence-electron chi connectivity index (χ1n) is 9.79. The number of nitrogens with one attached hydrogen (secondary N) is 1. The number of sulfonamides is 1. The van der Waals surface area contributed by atoms with Gasteiger partial charge in [0.1, 0.15) is 5.82 Å². The van der Waals surface area contributed by atoms with Crippen LogP contribution in [0, 0.1) is 17.2 Å². The average Bonchev–Trinajstić information content (AvgIpc) is 3.06. The number of hydrogen-bond donors (Lipinski definition) is 1. The smallest absolute Gasteiger partial charge is 0.360 e. The van der Waals surface area contributed by atoms with Crippen LogP contribution in [-0.2, 0) is 23.1 Å². The number of imidazole rings is 1. The van der Waals surface area contributed by atoms with Crippen molar-refractivity contribution in [3.05, 3.63) is 46.2 Å². The van der Waals surface area contributed by atoms with Crippen molar-refractivity contribution in [3.63, 3.8) is 0 Å². The molecule has 2 aromatic rings. The van der Waals surface area contributed by atoms with Crippen LogP contribution in [0.25, 0.3) is 0 Å². The Morgan fingerprint density at radius 2 is 1.97 bits per heavy atom. The van der Waals surface area contributed by atoms with Crippen LogP contribution in [0.3, 0.4) is 0 Å². The molecule has 3 saturated carbocycles. The first-order chi connectivity index (χ1) is 14.5. The van der Waals surface area contributed by atoms with Gasteiger partial charge in [0.05, 0.1) is 23.0 Å². The van der Waals surface area contributed by atoms with E-state index in [1.165, 1.54) is 12.4 Å². The number of rotatable bonds is 4. The van der Waals surface area contributed by atoms with Gasteiger partial charge >= 0.3 is 15.5 Å². The molecule has 4 aliphatic rings. The van der Waals surface area contributed by atoms with Crippen LogP contribution < -0.4 is 4.90 Å². The van der Waals surface area contributed by atoms with Crippen molar-refractivity contribution in [1.29, 1.82) is 0 Å². The van der Waals surface area contributed by atoms with Crippen molar-refractivity contribution in [2.24, 2.45) is 11.3 Å². The number of benzene rings is 1. The Labute approximate surface area is 184 Å². The van der Waals surface area contributed by atoms with Gasteiger partial charge < -0.3 is 9.88 Å². The van der Waals surface area contributed by atoms with Gasteiger partial charge in [0.25, 0.3) is 0 Å². The summed E-state index contributed by atoms with van der Waals surface area (Å²) in [6.45, 7) is -0.780. The molecule has 1 N–H and O–H groups in total. The summed E-state index contributed by atoms with van der Waals surface area (Å²) in [5.74, 6) is -0.223. The van der Waals surface area contributed by atoms with Gasteiger partial charge in [-0.25, -0.2) is 17.8 Å². The normalized spacial score (nSPS) is 28.5. The fourth-order valence-electron chi connectivity index (χ4n) is 5.26. The second-order valence-corrected chi connectivity index (χ2v) is 11.4. The second-order valence-electron chi connectivity index (χ2n) is 8.66. The minimum Gasteiger partial charge on any atom is -0.360 e. The number of alkyl halides is 3. The minimum absolute atomic E-state index is 0.0704. The lowest BCUT2D eigenvalue weighted by Gasteiger charge is -2.67. The van der Waals surface area contributed by atoms with Crippen LogP contribution in [0.2, 0.25) is 0 Å². The lowest BCUT2D eigenvalue weighted by molar-refractivity contribution is -0.129. The Kier molecular flexibility index (Phi) is 4.73. The predicted octanol–water partition coefficient (Wildman–Crippen LogP) is 4.15. The quantitative estimate of drug-likeness (QED) is 0.612. The molecule has 1 aromatic heterocycles. The van der Waals surface area contributed by atoms with Crippen molar-refractivity contribution >= 4 is 31.6 Å². The number of nitrogens with zero attached hydrogens (tertiary/aromatic N) is 3. The molecule has 0 radical (unpaired) electrons. The number of aromatic nitrogens is 2. The second kappa shape index (κ2) is 6.92. The third-order valence-electron chi connectivity index (χ3n) is 6.89. The maximum atomic E-state index is 15.1. The third-order valence-corrected chi connectivity index (χ3v) is 9.04. The molecule has 2 heterocycles. The van der Waals surface area contributed by atoms with E-state index in [0.717, 1.165) is 19.3 Å². The topological polar surface area (TPSA) is 69.3 Å². The SMILES string of the molecule is O=S(=O)(N1Cc2c(ccc(Br)c2F)N(Cc2cnc[nH]2)C(C23CC(C2)C3)C1)C(F)(F)F. The van der Waals surface area contributed by atoms with Crippen LogP contribution in [-0.4, -0.2) is 40.8 Å². The van der Waals surface area contributed by atoms with Crippen LogP contribution in [0.5, 0.6) is 0 Å². The van der Waals surface area contributed by atoms with E-state index >= 15 is 4.39 Å². The highest BCUT2D eigenvalue weighted by Gasteiger charge is 2.63. The molecule has 2 bridgehead atoms. The fourth-order valence-corrected chi connectivity index (χ4v) is 6.56. The summed E-state index contributed by atoms with van der Waals surface area (Å²) in [6.07, 6.45) is 5.61. The summed E-state index contributed by atoms with van der Waals surface area (Å²) < 4.78 is 80.8. The van der Waals surface area contributed by atoms with E-state index in [4.69, 9.17) is 0 Å². The summed E-state index contributed by atoms with van der Waals surface area (Å²) in [6, 6.07) is 2.63. The van der Waals surface area contributed by atoms with E-state index in [1.807, 2.05) is 4.90 Å². The Hall–Kier alpha value is -1.66. The Balaban J connectivity index is 1.66. The summed E-state index contributed by atoms with van der Waals surface area (Å²) in [7, 11) is -5.64. The molecule has 0 amide bonds. The molecule has 1 atom stereocenters. The molecule has 6 rings (SSSR count). The lowest BCUT2D eigenvalue weighted by atomic mass is 9.41. The zero-order chi connectivity index (χ0) is 22.2. The van der Waals surface area contributed by atoms with Gasteiger partial charge in [-0.05, 0) is 58.7 Å². The molecule has 31 heavy (non-hydrogen) atoms. The molecule has 3 fully saturated rings. The maximum absolute atomic E-state index is 15.1. The first kappa shape index (κ1) is 21.2. The van der Waals surface area contributed by atoms with Gasteiger partial charge in [0, 0.05) is 36.6 Å². The first-order valence-corrected chi connectivity index (χ1v) is 12.0. The number of fused-ring (bicyclic) bond motifs is 1. The Morgan fingerprint density at radius 1 is 1.26 bits per heavy atom. The Morgan fingerprint density at radius 3 is 2.52 bits per heavy atom. The molecular formula is C19H19BrF4N4O2S. The standard InChI is InChI=1S/C19H19BrF4N4O2S/c20-14-1-2-15-13(17(14)21)8-27(31(29,30)19(22,23)24)9-16(18-3-11(4-18)5-18)28(15)7-12-6-25-10-26-12/h1-2,6,10-11,16H,3-5,7-9H2,(H,25,26). The molecule has 1 aliphatic heterocycles. The largest absolute Gasteiger partial charge is 0.511 e. The number of halogens is 5. The summed E-state index contributed by atoms with van der Waals surface area (Å²) in [4.78, 5) is 8.84. The summed E-state index contributed by atoms with van der Waals surface area (Å²) >= 11 is 3.08. The van der Waals surface area contributed by atoms with E-state index < -0.39 is 33.9 Å². The zero-order valence-electron chi connectivity index (χ0n) is 16.2.